The maximum atomic E-state index is 14.4. The van der Waals surface area contributed by atoms with E-state index in [1.165, 1.54) is 60.1 Å². The van der Waals surface area contributed by atoms with E-state index in [1.807, 2.05) is 11.4 Å². The van der Waals surface area contributed by atoms with Gasteiger partial charge in [-0.1, -0.05) is 6.42 Å². The second kappa shape index (κ2) is 8.69. The first-order chi connectivity index (χ1) is 14.0. The lowest BCUT2D eigenvalue weighted by atomic mass is 10.1. The normalized spacial score (nSPS) is 17.3. The number of halogens is 2. The summed E-state index contributed by atoms with van der Waals surface area (Å²) in [7, 11) is 2.21. The van der Waals surface area contributed by atoms with Crippen LogP contribution in [0.3, 0.4) is 0 Å². The van der Waals surface area contributed by atoms with Crippen LogP contribution in [0.25, 0.3) is 20.4 Å². The Hall–Kier alpha value is -2.16. The molecule has 1 N–H and O–H groups in total. The zero-order valence-electron chi connectivity index (χ0n) is 16.3. The fourth-order valence-corrected chi connectivity index (χ4v) is 4.87. The van der Waals surface area contributed by atoms with E-state index < -0.39 is 11.6 Å². The summed E-state index contributed by atoms with van der Waals surface area (Å²) in [6.07, 6.45) is 5.85. The molecule has 8 heteroatoms. The highest BCUT2D eigenvalue weighted by atomic mass is 32.1. The molecule has 152 valence electrons. The van der Waals surface area contributed by atoms with Crippen molar-refractivity contribution in [3.05, 3.63) is 46.9 Å². The Kier molecular flexibility index (Phi) is 6.03. The summed E-state index contributed by atoms with van der Waals surface area (Å²) < 4.78 is 29.0. The van der Waals surface area contributed by atoms with Gasteiger partial charge in [0.25, 0.3) is 0 Å². The van der Waals surface area contributed by atoms with Gasteiger partial charge in [0.1, 0.15) is 16.0 Å². The molecule has 3 aromatic heterocycles. The number of pyridine rings is 1. The summed E-state index contributed by atoms with van der Waals surface area (Å²) in [6, 6.07) is 5.69. The quantitative estimate of drug-likeness (QED) is 0.397. The molecule has 1 fully saturated rings. The van der Waals surface area contributed by atoms with Gasteiger partial charge in [0.15, 0.2) is 11.6 Å². The van der Waals surface area contributed by atoms with Crippen molar-refractivity contribution >= 4 is 54.5 Å². The van der Waals surface area contributed by atoms with Gasteiger partial charge in [-0.05, 0) is 56.9 Å². The number of hydrogen-bond donors (Lipinski definition) is 1. The molecular formula is C21H22F2N4S2. The second-order valence-corrected chi connectivity index (χ2v) is 8.98. The van der Waals surface area contributed by atoms with Gasteiger partial charge in [0.05, 0.1) is 15.9 Å². The average molecular weight is 433 g/mol. The topological polar surface area (TPSA) is 41.1 Å². The van der Waals surface area contributed by atoms with Crippen molar-refractivity contribution in [1.82, 2.24) is 14.9 Å². The van der Waals surface area contributed by atoms with Gasteiger partial charge in [0.2, 0.25) is 0 Å². The van der Waals surface area contributed by atoms with Crippen LogP contribution in [0.15, 0.2) is 35.3 Å². The van der Waals surface area contributed by atoms with Crippen LogP contribution < -0.4 is 5.32 Å². The number of thiazole rings is 1. The molecule has 1 aromatic carbocycles. The van der Waals surface area contributed by atoms with Crippen molar-refractivity contribution in [1.29, 1.82) is 0 Å². The van der Waals surface area contributed by atoms with Crippen LogP contribution in [-0.4, -0.2) is 34.5 Å². The van der Waals surface area contributed by atoms with Crippen molar-refractivity contribution in [3.63, 3.8) is 0 Å². The Bertz CT molecular complexity index is 1110. The minimum atomic E-state index is -0.675. The molecule has 4 aromatic rings. The first-order valence-corrected chi connectivity index (χ1v) is 11.3. The summed E-state index contributed by atoms with van der Waals surface area (Å²) in [5.74, 6) is -1.31. The van der Waals surface area contributed by atoms with Crippen LogP contribution in [0.1, 0.15) is 26.2 Å². The van der Waals surface area contributed by atoms with E-state index in [-0.39, 0.29) is 11.2 Å². The lowest BCUT2D eigenvalue weighted by Crippen LogP contribution is -2.33. The van der Waals surface area contributed by atoms with Gasteiger partial charge < -0.3 is 10.2 Å². The van der Waals surface area contributed by atoms with Gasteiger partial charge >= 0.3 is 0 Å². The molecule has 5 rings (SSSR count). The molecule has 4 heterocycles. The fraction of sp³-hybridized carbons (Fsp3) is 0.333. The molecule has 1 saturated heterocycles. The molecule has 0 bridgehead atoms. The Morgan fingerprint density at radius 2 is 2.03 bits per heavy atom. The van der Waals surface area contributed by atoms with Crippen LogP contribution in [0.4, 0.5) is 20.2 Å². The minimum absolute atomic E-state index is 0.180. The van der Waals surface area contributed by atoms with Crippen molar-refractivity contribution < 1.29 is 8.78 Å². The zero-order valence-corrected chi connectivity index (χ0v) is 17.9. The van der Waals surface area contributed by atoms with E-state index in [0.29, 0.717) is 10.4 Å². The molecule has 0 amide bonds. The third-order valence-corrected chi connectivity index (χ3v) is 6.88. The van der Waals surface area contributed by atoms with Gasteiger partial charge in [0, 0.05) is 17.6 Å². The van der Waals surface area contributed by atoms with E-state index in [4.69, 9.17) is 0 Å². The maximum absolute atomic E-state index is 14.4. The van der Waals surface area contributed by atoms with Crippen LogP contribution in [0.5, 0.6) is 0 Å². The van der Waals surface area contributed by atoms with Crippen LogP contribution in [0, 0.1) is 11.6 Å². The molecule has 0 aliphatic carbocycles. The minimum Gasteiger partial charge on any atom is -0.350 e. The Balaban J connectivity index is 0.000000216. The molecule has 29 heavy (non-hydrogen) atoms. The number of nitrogens with zero attached hydrogens (tertiary/aromatic N) is 3. The Labute approximate surface area is 176 Å². The Morgan fingerprint density at radius 3 is 2.79 bits per heavy atom. The second-order valence-electron chi connectivity index (χ2n) is 7.19. The highest BCUT2D eigenvalue weighted by Crippen LogP contribution is 2.34. The van der Waals surface area contributed by atoms with Gasteiger partial charge in [-0.3, -0.25) is 0 Å². The molecular weight excluding hydrogens is 410 g/mol. The average Bonchev–Trinajstić information content (AvgIpc) is 3.37. The van der Waals surface area contributed by atoms with Crippen LogP contribution >= 0.6 is 22.7 Å². The largest absolute Gasteiger partial charge is 0.350 e. The highest BCUT2D eigenvalue weighted by Gasteiger charge is 2.17. The number of nitrogens with one attached hydrogen (secondary N) is 1. The Morgan fingerprint density at radius 1 is 1.17 bits per heavy atom. The number of rotatable bonds is 2. The molecule has 1 unspecified atom stereocenters. The molecule has 1 aliphatic rings. The first kappa shape index (κ1) is 20.1. The summed E-state index contributed by atoms with van der Waals surface area (Å²) in [4.78, 5) is 11.4. The number of likely N-dealkylation sites (tertiary alicyclic amines) is 1. The molecule has 1 aliphatic heterocycles. The SMILES string of the molecule is CC1CCCCN1C.Fc1cc2scnc2c(F)c1Nc1ccnc2sccc12. The smallest absolute Gasteiger partial charge is 0.176 e. The van der Waals surface area contributed by atoms with Crippen molar-refractivity contribution in [2.75, 3.05) is 18.9 Å². The number of piperidine rings is 1. The predicted molar refractivity (Wildman–Crippen MR) is 118 cm³/mol. The first-order valence-electron chi connectivity index (χ1n) is 9.55. The third-order valence-electron chi connectivity index (χ3n) is 5.28. The predicted octanol–water partition coefficient (Wildman–Crippen LogP) is 6.42. The summed E-state index contributed by atoms with van der Waals surface area (Å²) in [6.45, 7) is 3.61. The van der Waals surface area contributed by atoms with E-state index >= 15 is 0 Å². The number of benzene rings is 1. The number of anilines is 2. The zero-order chi connectivity index (χ0) is 20.4. The third kappa shape index (κ3) is 4.24. The van der Waals surface area contributed by atoms with Gasteiger partial charge in [-0.15, -0.1) is 22.7 Å². The van der Waals surface area contributed by atoms with Gasteiger partial charge in [-0.25, -0.2) is 18.7 Å². The standard InChI is InChI=1S/C14H7F2N3S2.C7H15N/c15-8-5-10-13(18-6-21-10)11(16)12(8)19-9-1-3-17-14-7(9)2-4-20-14;1-7-5-3-4-6-8(7)2/h1-6H,(H,17,19);7H,3-6H2,1-2H3. The van der Waals surface area contributed by atoms with E-state index in [9.17, 15) is 8.78 Å². The van der Waals surface area contributed by atoms with E-state index in [0.717, 1.165) is 16.3 Å². The maximum Gasteiger partial charge on any atom is 0.176 e. The van der Waals surface area contributed by atoms with Crippen molar-refractivity contribution in [3.8, 4) is 0 Å². The van der Waals surface area contributed by atoms with Gasteiger partial charge in [-0.2, -0.15) is 0 Å². The monoisotopic (exact) mass is 432 g/mol. The number of fused-ring (bicyclic) bond motifs is 2. The molecule has 1 atom stereocenters. The fourth-order valence-electron chi connectivity index (χ4n) is 3.41. The molecule has 0 saturated carbocycles. The number of hydrogen-bond acceptors (Lipinski definition) is 6. The summed E-state index contributed by atoms with van der Waals surface area (Å²) >= 11 is 2.68. The van der Waals surface area contributed by atoms with Crippen LogP contribution in [0.2, 0.25) is 0 Å². The summed E-state index contributed by atoms with van der Waals surface area (Å²) in [5, 5.41) is 5.55. The van der Waals surface area contributed by atoms with Crippen molar-refractivity contribution in [2.24, 2.45) is 0 Å². The summed E-state index contributed by atoms with van der Waals surface area (Å²) in [5.41, 5.74) is 2.11. The number of aromatic nitrogens is 2. The van der Waals surface area contributed by atoms with E-state index in [2.05, 4.69) is 34.2 Å². The molecule has 4 nitrogen and oxygen atoms in total. The van der Waals surface area contributed by atoms with E-state index in [1.54, 1.807) is 12.3 Å². The highest BCUT2D eigenvalue weighted by molar-refractivity contribution is 7.17. The molecule has 0 spiro atoms. The van der Waals surface area contributed by atoms with Crippen LogP contribution in [-0.2, 0) is 0 Å². The van der Waals surface area contributed by atoms with Crippen molar-refractivity contribution in [2.45, 2.75) is 32.2 Å². The molecule has 0 radical (unpaired) electrons. The number of thiophene rings is 1. The lowest BCUT2D eigenvalue weighted by molar-refractivity contribution is 0.200. The lowest BCUT2D eigenvalue weighted by Gasteiger charge is -2.29.